The van der Waals surface area contributed by atoms with E-state index in [9.17, 15) is 18.0 Å². The molecule has 150 valence electrons. The van der Waals surface area contributed by atoms with E-state index in [1.54, 1.807) is 48.5 Å². The highest BCUT2D eigenvalue weighted by atomic mass is 19.4. The maximum Gasteiger partial charge on any atom is 0.422 e. The van der Waals surface area contributed by atoms with E-state index in [0.29, 0.717) is 11.3 Å². The van der Waals surface area contributed by atoms with E-state index in [1.165, 1.54) is 18.3 Å². The minimum Gasteiger partial charge on any atom is -0.484 e. The molecule has 0 aliphatic carbocycles. The first-order valence-corrected chi connectivity index (χ1v) is 8.65. The fourth-order valence-electron chi connectivity index (χ4n) is 2.43. The van der Waals surface area contributed by atoms with Crippen LogP contribution in [0.2, 0.25) is 0 Å². The minimum atomic E-state index is -4.42. The molecule has 0 atom stereocenters. The van der Waals surface area contributed by atoms with Crippen molar-refractivity contribution in [2.75, 3.05) is 6.61 Å². The molecular weight excluding hydrogens is 385 g/mol. The Kier molecular flexibility index (Phi) is 6.33. The van der Waals surface area contributed by atoms with Gasteiger partial charge in [0.25, 0.3) is 5.91 Å². The number of amides is 1. The summed E-state index contributed by atoms with van der Waals surface area (Å²) in [5.74, 6) is 0.336. The molecule has 0 unspecified atom stereocenters. The van der Waals surface area contributed by atoms with Crippen LogP contribution in [0.3, 0.4) is 0 Å². The number of carbonyl (C=O) groups excluding carboxylic acids is 1. The number of para-hydroxylation sites is 1. The second kappa shape index (κ2) is 9.09. The first-order chi connectivity index (χ1) is 13.9. The molecule has 0 aliphatic rings. The van der Waals surface area contributed by atoms with E-state index in [-0.39, 0.29) is 23.7 Å². The van der Waals surface area contributed by atoms with E-state index < -0.39 is 18.7 Å². The molecule has 0 bridgehead atoms. The van der Waals surface area contributed by atoms with Crippen LogP contribution in [0.1, 0.15) is 15.9 Å². The van der Waals surface area contributed by atoms with Crippen molar-refractivity contribution < 1.29 is 27.4 Å². The Bertz CT molecular complexity index is 963. The van der Waals surface area contributed by atoms with Gasteiger partial charge in [-0.3, -0.25) is 4.79 Å². The van der Waals surface area contributed by atoms with Crippen LogP contribution in [0, 0.1) is 0 Å². The number of benzene rings is 2. The van der Waals surface area contributed by atoms with Crippen molar-refractivity contribution >= 4 is 5.91 Å². The number of carbonyl (C=O) groups is 1. The number of halogens is 3. The average molecular weight is 402 g/mol. The van der Waals surface area contributed by atoms with Gasteiger partial charge in [0.05, 0.1) is 0 Å². The Morgan fingerprint density at radius 2 is 1.72 bits per heavy atom. The fraction of sp³-hybridized carbons (Fsp3) is 0.143. The molecule has 1 aromatic heterocycles. The molecule has 5 nitrogen and oxygen atoms in total. The molecule has 3 rings (SSSR count). The lowest BCUT2D eigenvalue weighted by Gasteiger charge is -2.12. The highest BCUT2D eigenvalue weighted by Gasteiger charge is 2.28. The molecule has 0 saturated carbocycles. The molecule has 1 amide bonds. The monoisotopic (exact) mass is 402 g/mol. The number of alkyl halides is 3. The molecule has 0 fully saturated rings. The Balaban J connectivity index is 1.64. The SMILES string of the molecule is O=C(NCc1cccc(OCC(F)(F)F)c1)c1cccnc1Oc1ccccc1. The number of hydrogen-bond acceptors (Lipinski definition) is 4. The normalized spacial score (nSPS) is 11.0. The number of nitrogens with one attached hydrogen (secondary N) is 1. The highest BCUT2D eigenvalue weighted by molar-refractivity contribution is 5.96. The lowest BCUT2D eigenvalue weighted by Crippen LogP contribution is -2.23. The number of nitrogens with zero attached hydrogens (tertiary/aromatic N) is 1. The summed E-state index contributed by atoms with van der Waals surface area (Å²) in [4.78, 5) is 16.7. The number of pyridine rings is 1. The van der Waals surface area contributed by atoms with Crippen LogP contribution in [0.4, 0.5) is 13.2 Å². The minimum absolute atomic E-state index is 0.0727. The van der Waals surface area contributed by atoms with Gasteiger partial charge in [-0.25, -0.2) is 4.98 Å². The number of rotatable bonds is 7. The third-order valence-corrected chi connectivity index (χ3v) is 3.73. The number of ether oxygens (including phenoxy) is 2. The van der Waals surface area contributed by atoms with Gasteiger partial charge in [-0.15, -0.1) is 0 Å². The van der Waals surface area contributed by atoms with E-state index in [0.717, 1.165) is 0 Å². The topological polar surface area (TPSA) is 60.5 Å². The maximum atomic E-state index is 12.6. The largest absolute Gasteiger partial charge is 0.484 e. The van der Waals surface area contributed by atoms with Crippen LogP contribution < -0.4 is 14.8 Å². The van der Waals surface area contributed by atoms with Crippen molar-refractivity contribution in [3.8, 4) is 17.4 Å². The van der Waals surface area contributed by atoms with Crippen molar-refractivity contribution in [2.45, 2.75) is 12.7 Å². The molecule has 29 heavy (non-hydrogen) atoms. The zero-order valence-corrected chi connectivity index (χ0v) is 15.1. The molecule has 8 heteroatoms. The van der Waals surface area contributed by atoms with E-state index in [1.807, 2.05) is 6.07 Å². The van der Waals surface area contributed by atoms with Crippen molar-refractivity contribution in [2.24, 2.45) is 0 Å². The molecule has 0 spiro atoms. The summed E-state index contributed by atoms with van der Waals surface area (Å²) in [7, 11) is 0. The van der Waals surface area contributed by atoms with Crippen LogP contribution in [0.15, 0.2) is 72.9 Å². The van der Waals surface area contributed by atoms with Gasteiger partial charge >= 0.3 is 6.18 Å². The standard InChI is InChI=1S/C21H17F3N2O3/c22-21(23,24)14-28-17-9-4-6-15(12-17)13-26-19(27)18-10-5-11-25-20(18)29-16-7-2-1-3-8-16/h1-12H,13-14H2,(H,26,27). The summed E-state index contributed by atoms with van der Waals surface area (Å²) in [6, 6.07) is 18.2. The molecular formula is C21H17F3N2O3. The summed E-state index contributed by atoms with van der Waals surface area (Å²) >= 11 is 0. The Labute approximate surface area is 165 Å². The summed E-state index contributed by atoms with van der Waals surface area (Å²) in [5, 5.41) is 2.70. The van der Waals surface area contributed by atoms with E-state index in [4.69, 9.17) is 9.47 Å². The number of aromatic nitrogens is 1. The second-order valence-electron chi connectivity index (χ2n) is 6.01. The first kappa shape index (κ1) is 20.2. The van der Waals surface area contributed by atoms with Crippen LogP contribution in [-0.4, -0.2) is 23.7 Å². The molecule has 1 N–H and O–H groups in total. The predicted octanol–water partition coefficient (Wildman–Crippen LogP) is 4.75. The molecule has 2 aromatic carbocycles. The Hall–Kier alpha value is -3.55. The summed E-state index contributed by atoms with van der Waals surface area (Å²) in [6.07, 6.45) is -2.91. The van der Waals surface area contributed by atoms with Crippen molar-refractivity contribution in [1.29, 1.82) is 0 Å². The van der Waals surface area contributed by atoms with E-state index in [2.05, 4.69) is 10.3 Å². The third-order valence-electron chi connectivity index (χ3n) is 3.73. The first-order valence-electron chi connectivity index (χ1n) is 8.65. The van der Waals surface area contributed by atoms with Crippen LogP contribution in [0.25, 0.3) is 0 Å². The zero-order valence-electron chi connectivity index (χ0n) is 15.1. The molecule has 0 aliphatic heterocycles. The zero-order chi connectivity index (χ0) is 20.7. The Morgan fingerprint density at radius 3 is 2.48 bits per heavy atom. The second-order valence-corrected chi connectivity index (χ2v) is 6.01. The van der Waals surface area contributed by atoms with Crippen LogP contribution in [-0.2, 0) is 6.54 Å². The average Bonchev–Trinajstić information content (AvgIpc) is 2.71. The lowest BCUT2D eigenvalue weighted by molar-refractivity contribution is -0.153. The summed E-state index contributed by atoms with van der Waals surface area (Å²) in [5.41, 5.74) is 0.827. The van der Waals surface area contributed by atoms with Crippen molar-refractivity contribution in [1.82, 2.24) is 10.3 Å². The van der Waals surface area contributed by atoms with Gasteiger partial charge in [0.15, 0.2) is 6.61 Å². The smallest absolute Gasteiger partial charge is 0.422 e. The van der Waals surface area contributed by atoms with Gasteiger partial charge < -0.3 is 14.8 Å². The number of hydrogen-bond donors (Lipinski definition) is 1. The van der Waals surface area contributed by atoms with Crippen LogP contribution >= 0.6 is 0 Å². The van der Waals surface area contributed by atoms with Crippen molar-refractivity contribution in [3.63, 3.8) is 0 Å². The Morgan fingerprint density at radius 1 is 0.966 bits per heavy atom. The third kappa shape index (κ3) is 6.24. The van der Waals surface area contributed by atoms with Gasteiger partial charge in [0.1, 0.15) is 17.1 Å². The fourth-order valence-corrected chi connectivity index (χ4v) is 2.43. The van der Waals surface area contributed by atoms with E-state index >= 15 is 0 Å². The molecule has 0 radical (unpaired) electrons. The van der Waals surface area contributed by atoms with Gasteiger partial charge in [0.2, 0.25) is 5.88 Å². The van der Waals surface area contributed by atoms with Gasteiger partial charge in [-0.05, 0) is 42.0 Å². The predicted molar refractivity (Wildman–Crippen MR) is 99.9 cm³/mol. The molecule has 3 aromatic rings. The molecule has 0 saturated heterocycles. The van der Waals surface area contributed by atoms with Gasteiger partial charge in [-0.1, -0.05) is 30.3 Å². The van der Waals surface area contributed by atoms with Crippen LogP contribution in [0.5, 0.6) is 17.4 Å². The maximum absolute atomic E-state index is 12.6. The lowest BCUT2D eigenvalue weighted by atomic mass is 10.2. The summed E-state index contributed by atoms with van der Waals surface area (Å²) < 4.78 is 47.2. The van der Waals surface area contributed by atoms with Gasteiger partial charge in [0, 0.05) is 12.7 Å². The van der Waals surface area contributed by atoms with Crippen molar-refractivity contribution in [3.05, 3.63) is 84.1 Å². The van der Waals surface area contributed by atoms with Gasteiger partial charge in [-0.2, -0.15) is 13.2 Å². The quantitative estimate of drug-likeness (QED) is 0.620. The molecule has 1 heterocycles. The summed E-state index contributed by atoms with van der Waals surface area (Å²) in [6.45, 7) is -1.28. The highest BCUT2D eigenvalue weighted by Crippen LogP contribution is 2.23.